The molecule has 0 aromatic heterocycles. The van der Waals surface area contributed by atoms with Gasteiger partial charge in [0.1, 0.15) is 0 Å². The van der Waals surface area contributed by atoms with Gasteiger partial charge in [-0.05, 0) is 49.8 Å². The molecule has 1 aromatic carbocycles. The van der Waals surface area contributed by atoms with Crippen molar-refractivity contribution >= 4 is 12.4 Å². The fraction of sp³-hybridized carbons (Fsp3) is 0.600. The fourth-order valence-corrected chi connectivity index (χ4v) is 2.65. The Hall–Kier alpha value is -0.800. The number of rotatable bonds is 5. The molecule has 2 rings (SSSR count). The first kappa shape index (κ1) is 16.3. The molecule has 108 valence electrons. The molecule has 1 aliphatic carbocycles. The maximum absolute atomic E-state index is 13.3. The van der Waals surface area contributed by atoms with Gasteiger partial charge in [-0.15, -0.1) is 12.4 Å². The summed E-state index contributed by atoms with van der Waals surface area (Å²) in [5.41, 5.74) is 5.68. The smallest absolute Gasteiger partial charge is 0.165 e. The van der Waals surface area contributed by atoms with Gasteiger partial charge in [0, 0.05) is 0 Å². The first-order valence-electron chi connectivity index (χ1n) is 6.87. The van der Waals surface area contributed by atoms with E-state index in [0.717, 1.165) is 18.9 Å². The second-order valence-corrected chi connectivity index (χ2v) is 5.19. The molecule has 0 unspecified atom stereocenters. The number of nitrogens with two attached hydrogens (primary N) is 1. The molecule has 0 spiro atoms. The van der Waals surface area contributed by atoms with Gasteiger partial charge in [-0.25, -0.2) is 4.39 Å². The average molecular weight is 288 g/mol. The molecule has 19 heavy (non-hydrogen) atoms. The molecule has 4 heteroatoms. The molecule has 2 nitrogen and oxygen atoms in total. The Balaban J connectivity index is 0.00000180. The van der Waals surface area contributed by atoms with Crippen molar-refractivity contribution in [3.63, 3.8) is 0 Å². The van der Waals surface area contributed by atoms with Gasteiger partial charge >= 0.3 is 0 Å². The second kappa shape index (κ2) is 8.39. The topological polar surface area (TPSA) is 35.2 Å². The largest absolute Gasteiger partial charge is 0.491 e. The third-order valence-corrected chi connectivity index (χ3v) is 3.92. The van der Waals surface area contributed by atoms with E-state index in [1.165, 1.54) is 31.7 Å². The van der Waals surface area contributed by atoms with Crippen LogP contribution in [-0.2, 0) is 0 Å². The third-order valence-electron chi connectivity index (χ3n) is 3.92. The van der Waals surface area contributed by atoms with E-state index in [1.54, 1.807) is 18.2 Å². The molecule has 1 aromatic rings. The van der Waals surface area contributed by atoms with Crippen molar-refractivity contribution in [1.82, 2.24) is 0 Å². The van der Waals surface area contributed by atoms with Gasteiger partial charge in [0.05, 0.1) is 6.61 Å². The summed E-state index contributed by atoms with van der Waals surface area (Å²) in [7, 11) is 0. The van der Waals surface area contributed by atoms with Crippen molar-refractivity contribution in [2.75, 3.05) is 13.2 Å². The summed E-state index contributed by atoms with van der Waals surface area (Å²) in [5.74, 6) is 1.53. The van der Waals surface area contributed by atoms with Crippen molar-refractivity contribution in [3.05, 3.63) is 30.1 Å². The number of halogens is 2. The van der Waals surface area contributed by atoms with Crippen LogP contribution in [0.2, 0.25) is 0 Å². The lowest BCUT2D eigenvalue weighted by atomic mass is 9.81. The van der Waals surface area contributed by atoms with Crippen LogP contribution < -0.4 is 10.5 Å². The normalized spacial score (nSPS) is 22.6. The van der Waals surface area contributed by atoms with Crippen molar-refractivity contribution in [2.45, 2.75) is 32.1 Å². The predicted octanol–water partition coefficient (Wildman–Crippen LogP) is 3.78. The van der Waals surface area contributed by atoms with Crippen LogP contribution in [-0.4, -0.2) is 13.2 Å². The molecule has 2 N–H and O–H groups in total. The first-order valence-corrected chi connectivity index (χ1v) is 6.87. The zero-order valence-corrected chi connectivity index (χ0v) is 12.0. The monoisotopic (exact) mass is 287 g/mol. The highest BCUT2D eigenvalue weighted by atomic mass is 35.5. The summed E-state index contributed by atoms with van der Waals surface area (Å²) in [5, 5.41) is 0. The number of hydrogen-bond donors (Lipinski definition) is 1. The van der Waals surface area contributed by atoms with Gasteiger partial charge in [0.25, 0.3) is 0 Å². The summed E-state index contributed by atoms with van der Waals surface area (Å²) < 4.78 is 18.8. The van der Waals surface area contributed by atoms with E-state index >= 15 is 0 Å². The SMILES string of the molecule is Cl.NC[C@H]1CC[C@@H](CCOc2ccccc2F)CC1. The van der Waals surface area contributed by atoms with Crippen LogP contribution in [0, 0.1) is 17.7 Å². The number of ether oxygens (including phenoxy) is 1. The quantitative estimate of drug-likeness (QED) is 0.894. The minimum Gasteiger partial charge on any atom is -0.491 e. The van der Waals surface area contributed by atoms with E-state index in [1.807, 2.05) is 0 Å². The number of hydrogen-bond acceptors (Lipinski definition) is 2. The van der Waals surface area contributed by atoms with E-state index in [0.29, 0.717) is 18.3 Å². The van der Waals surface area contributed by atoms with Crippen molar-refractivity contribution in [2.24, 2.45) is 17.6 Å². The Morgan fingerprint density at radius 2 is 1.74 bits per heavy atom. The second-order valence-electron chi connectivity index (χ2n) is 5.19. The Bertz CT molecular complexity index is 367. The lowest BCUT2D eigenvalue weighted by Crippen LogP contribution is -2.22. The molecule has 0 amide bonds. The van der Waals surface area contributed by atoms with Crippen molar-refractivity contribution in [1.29, 1.82) is 0 Å². The van der Waals surface area contributed by atoms with Gasteiger partial charge in [-0.3, -0.25) is 0 Å². The van der Waals surface area contributed by atoms with Crippen LogP contribution in [0.4, 0.5) is 4.39 Å². The molecular formula is C15H23ClFNO. The molecule has 0 bridgehead atoms. The fourth-order valence-electron chi connectivity index (χ4n) is 2.65. The number of benzene rings is 1. The minimum absolute atomic E-state index is 0. The minimum atomic E-state index is -0.274. The van der Waals surface area contributed by atoms with Gasteiger partial charge in [-0.2, -0.15) is 0 Å². The lowest BCUT2D eigenvalue weighted by molar-refractivity contribution is 0.215. The molecule has 1 aliphatic rings. The highest BCUT2D eigenvalue weighted by molar-refractivity contribution is 5.85. The Kier molecular flexibility index (Phi) is 7.17. The van der Waals surface area contributed by atoms with E-state index in [9.17, 15) is 4.39 Å². The van der Waals surface area contributed by atoms with E-state index in [4.69, 9.17) is 10.5 Å². The molecule has 1 saturated carbocycles. The van der Waals surface area contributed by atoms with Gasteiger partial charge in [0.2, 0.25) is 0 Å². The molecule has 0 atom stereocenters. The zero-order valence-electron chi connectivity index (χ0n) is 11.2. The summed E-state index contributed by atoms with van der Waals surface area (Å²) in [6, 6.07) is 6.59. The van der Waals surface area contributed by atoms with Crippen LogP contribution in [0.15, 0.2) is 24.3 Å². The highest BCUT2D eigenvalue weighted by Gasteiger charge is 2.20. The molecule has 0 heterocycles. The van der Waals surface area contributed by atoms with Crippen LogP contribution in [0.5, 0.6) is 5.75 Å². The number of para-hydroxylation sites is 1. The summed E-state index contributed by atoms with van der Waals surface area (Å²) in [6.45, 7) is 1.43. The molecule has 0 radical (unpaired) electrons. The molecule has 0 saturated heterocycles. The summed E-state index contributed by atoms with van der Waals surface area (Å²) in [6.07, 6.45) is 5.97. The van der Waals surface area contributed by atoms with Crippen LogP contribution in [0.25, 0.3) is 0 Å². The van der Waals surface area contributed by atoms with Crippen LogP contribution >= 0.6 is 12.4 Å². The summed E-state index contributed by atoms with van der Waals surface area (Å²) in [4.78, 5) is 0. The third kappa shape index (κ3) is 5.00. The van der Waals surface area contributed by atoms with E-state index in [2.05, 4.69) is 0 Å². The Morgan fingerprint density at radius 3 is 2.37 bits per heavy atom. The first-order chi connectivity index (χ1) is 8.79. The van der Waals surface area contributed by atoms with E-state index < -0.39 is 0 Å². The van der Waals surface area contributed by atoms with Gasteiger partial charge < -0.3 is 10.5 Å². The lowest BCUT2D eigenvalue weighted by Gasteiger charge is -2.27. The Labute approximate surface area is 120 Å². The maximum Gasteiger partial charge on any atom is 0.165 e. The van der Waals surface area contributed by atoms with E-state index in [-0.39, 0.29) is 18.2 Å². The van der Waals surface area contributed by atoms with Gasteiger partial charge in [-0.1, -0.05) is 25.0 Å². The molecule has 1 fully saturated rings. The van der Waals surface area contributed by atoms with Crippen molar-refractivity contribution < 1.29 is 9.13 Å². The molecular weight excluding hydrogens is 265 g/mol. The average Bonchev–Trinajstić information content (AvgIpc) is 2.42. The zero-order chi connectivity index (χ0) is 12.8. The van der Waals surface area contributed by atoms with Crippen LogP contribution in [0.3, 0.4) is 0 Å². The standard InChI is InChI=1S/C15H22FNO.ClH/c16-14-3-1-2-4-15(14)18-10-9-12-5-7-13(11-17)8-6-12;/h1-4,12-13H,5-11,17H2;1H/t12-,13+;. The summed E-state index contributed by atoms with van der Waals surface area (Å²) >= 11 is 0. The van der Waals surface area contributed by atoms with Crippen molar-refractivity contribution in [3.8, 4) is 5.75 Å². The highest BCUT2D eigenvalue weighted by Crippen LogP contribution is 2.30. The molecule has 0 aliphatic heterocycles. The van der Waals surface area contributed by atoms with Gasteiger partial charge in [0.15, 0.2) is 11.6 Å². The van der Waals surface area contributed by atoms with Crippen LogP contribution in [0.1, 0.15) is 32.1 Å². The predicted molar refractivity (Wildman–Crippen MR) is 78.3 cm³/mol. The maximum atomic E-state index is 13.3. The Morgan fingerprint density at radius 1 is 1.11 bits per heavy atom.